The van der Waals surface area contributed by atoms with E-state index in [1.807, 2.05) is 29.0 Å². The number of pyridine rings is 1. The Labute approximate surface area is 180 Å². The maximum atomic E-state index is 13.2. The molecule has 0 spiro atoms. The third kappa shape index (κ3) is 4.36. The third-order valence-electron chi connectivity index (χ3n) is 6.23. The fourth-order valence-corrected chi connectivity index (χ4v) is 5.21. The quantitative estimate of drug-likeness (QED) is 0.779. The molecule has 7 heteroatoms. The maximum absolute atomic E-state index is 13.2. The van der Waals surface area contributed by atoms with Crippen LogP contribution in [0, 0.1) is 0 Å². The molecule has 0 radical (unpaired) electrons. The summed E-state index contributed by atoms with van der Waals surface area (Å²) < 4.78 is 1.94. The van der Waals surface area contributed by atoms with Crippen LogP contribution < -0.4 is 10.7 Å². The molecule has 6 nitrogen and oxygen atoms in total. The zero-order valence-corrected chi connectivity index (χ0v) is 18.2. The van der Waals surface area contributed by atoms with Gasteiger partial charge in [0.1, 0.15) is 11.1 Å². The van der Waals surface area contributed by atoms with Gasteiger partial charge in [0, 0.05) is 36.4 Å². The number of hydrogen-bond donors (Lipinski definition) is 1. The molecular weight excluding hydrogens is 398 g/mol. The molecule has 1 aliphatic carbocycles. The van der Waals surface area contributed by atoms with Crippen LogP contribution in [0.15, 0.2) is 34.7 Å². The highest BCUT2D eigenvalue weighted by molar-refractivity contribution is 7.10. The van der Waals surface area contributed by atoms with Crippen LogP contribution in [-0.4, -0.2) is 34.4 Å². The molecule has 2 fully saturated rings. The SMILES string of the molecule is CC(NC(=O)c1cn(C2CCCC2)cc(C(=O)N2CCCCC2)c1=O)c1cccs1. The standard InChI is InChI=1S/C23H29N3O3S/c1-16(20-10-7-13-30-20)24-22(28)18-14-26(17-8-3-4-9-17)15-19(21(18)27)23(29)25-11-5-2-6-12-25/h7,10,13-17H,2-6,8-9,11-12H2,1H3,(H,24,28). The van der Waals surface area contributed by atoms with E-state index in [1.54, 1.807) is 28.6 Å². The van der Waals surface area contributed by atoms with Gasteiger partial charge in [0.2, 0.25) is 5.43 Å². The Morgan fingerprint density at radius 3 is 2.43 bits per heavy atom. The van der Waals surface area contributed by atoms with Gasteiger partial charge in [-0.3, -0.25) is 14.4 Å². The van der Waals surface area contributed by atoms with Crippen LogP contribution in [0.4, 0.5) is 0 Å². The number of nitrogens with zero attached hydrogens (tertiary/aromatic N) is 2. The van der Waals surface area contributed by atoms with Gasteiger partial charge in [-0.05, 0) is 50.5 Å². The molecule has 3 heterocycles. The van der Waals surface area contributed by atoms with Crippen LogP contribution in [0.25, 0.3) is 0 Å². The van der Waals surface area contributed by atoms with Crippen molar-refractivity contribution in [1.29, 1.82) is 0 Å². The fourth-order valence-electron chi connectivity index (χ4n) is 4.48. The maximum Gasteiger partial charge on any atom is 0.259 e. The second-order valence-corrected chi connectivity index (χ2v) is 9.34. The van der Waals surface area contributed by atoms with E-state index in [9.17, 15) is 14.4 Å². The Morgan fingerprint density at radius 2 is 1.77 bits per heavy atom. The lowest BCUT2D eigenvalue weighted by Gasteiger charge is -2.27. The van der Waals surface area contributed by atoms with Crippen molar-refractivity contribution in [3.05, 3.63) is 56.1 Å². The molecule has 1 unspecified atom stereocenters. The van der Waals surface area contributed by atoms with Crippen LogP contribution >= 0.6 is 11.3 Å². The first-order valence-electron chi connectivity index (χ1n) is 10.9. The lowest BCUT2D eigenvalue weighted by molar-refractivity contribution is 0.0722. The molecule has 2 aromatic rings. The van der Waals surface area contributed by atoms with Crippen molar-refractivity contribution in [3.8, 4) is 0 Å². The second kappa shape index (κ2) is 9.16. The number of nitrogens with one attached hydrogen (secondary N) is 1. The third-order valence-corrected chi connectivity index (χ3v) is 7.28. The number of amides is 2. The van der Waals surface area contributed by atoms with Crippen molar-refractivity contribution in [3.63, 3.8) is 0 Å². The van der Waals surface area contributed by atoms with E-state index in [4.69, 9.17) is 0 Å². The minimum Gasteiger partial charge on any atom is -0.349 e. The highest BCUT2D eigenvalue weighted by Gasteiger charge is 2.27. The molecule has 1 saturated heterocycles. The van der Waals surface area contributed by atoms with Crippen LogP contribution in [0.5, 0.6) is 0 Å². The monoisotopic (exact) mass is 427 g/mol. The van der Waals surface area contributed by atoms with Gasteiger partial charge >= 0.3 is 0 Å². The van der Waals surface area contributed by atoms with E-state index in [0.717, 1.165) is 49.8 Å². The van der Waals surface area contributed by atoms with Gasteiger partial charge in [-0.2, -0.15) is 0 Å². The van der Waals surface area contributed by atoms with E-state index >= 15 is 0 Å². The molecule has 2 amide bonds. The Bertz CT molecular complexity index is 955. The number of carbonyl (C=O) groups excluding carboxylic acids is 2. The molecular formula is C23H29N3O3S. The van der Waals surface area contributed by atoms with E-state index in [1.165, 1.54) is 0 Å². The summed E-state index contributed by atoms with van der Waals surface area (Å²) in [6.07, 6.45) is 10.6. The largest absolute Gasteiger partial charge is 0.349 e. The predicted molar refractivity (Wildman–Crippen MR) is 118 cm³/mol. The average Bonchev–Trinajstić information content (AvgIpc) is 3.48. The number of rotatable bonds is 5. The van der Waals surface area contributed by atoms with Crippen LogP contribution in [0.1, 0.15) is 89.5 Å². The smallest absolute Gasteiger partial charge is 0.259 e. The summed E-state index contributed by atoms with van der Waals surface area (Å²) in [5.74, 6) is -0.659. The van der Waals surface area contributed by atoms with Gasteiger partial charge < -0.3 is 14.8 Å². The highest BCUT2D eigenvalue weighted by atomic mass is 32.1. The summed E-state index contributed by atoms with van der Waals surface area (Å²) in [4.78, 5) is 42.2. The first-order valence-corrected chi connectivity index (χ1v) is 11.8. The average molecular weight is 428 g/mol. The molecule has 1 N–H and O–H groups in total. The van der Waals surface area contributed by atoms with Crippen LogP contribution in [0.2, 0.25) is 0 Å². The van der Waals surface area contributed by atoms with Crippen molar-refractivity contribution in [2.75, 3.05) is 13.1 Å². The summed E-state index contributed by atoms with van der Waals surface area (Å²) in [6.45, 7) is 3.25. The number of carbonyl (C=O) groups is 2. The van der Waals surface area contributed by atoms with Crippen molar-refractivity contribution >= 4 is 23.2 Å². The number of hydrogen-bond acceptors (Lipinski definition) is 4. The van der Waals surface area contributed by atoms with E-state index < -0.39 is 11.3 Å². The molecule has 0 bridgehead atoms. The number of thiophene rings is 1. The number of piperidine rings is 1. The summed E-state index contributed by atoms with van der Waals surface area (Å²) in [5.41, 5.74) is -0.274. The lowest BCUT2D eigenvalue weighted by atomic mass is 10.1. The van der Waals surface area contributed by atoms with Crippen LogP contribution in [0.3, 0.4) is 0 Å². The normalized spacial score (nSPS) is 18.4. The lowest BCUT2D eigenvalue weighted by Crippen LogP contribution is -2.40. The topological polar surface area (TPSA) is 71.4 Å². The molecule has 1 atom stereocenters. The van der Waals surface area contributed by atoms with Crippen molar-refractivity contribution in [2.24, 2.45) is 0 Å². The van der Waals surface area contributed by atoms with Crippen molar-refractivity contribution in [1.82, 2.24) is 14.8 Å². The van der Waals surface area contributed by atoms with Gasteiger partial charge in [-0.25, -0.2) is 0 Å². The minimum atomic E-state index is -0.462. The van der Waals surface area contributed by atoms with Gasteiger partial charge in [0.15, 0.2) is 0 Å². The van der Waals surface area contributed by atoms with Gasteiger partial charge in [0.25, 0.3) is 11.8 Å². The summed E-state index contributed by atoms with van der Waals surface area (Å²) in [6, 6.07) is 3.94. The van der Waals surface area contributed by atoms with Crippen molar-refractivity contribution < 1.29 is 9.59 Å². The molecule has 160 valence electrons. The zero-order chi connectivity index (χ0) is 21.1. The fraction of sp³-hybridized carbons (Fsp3) is 0.522. The van der Waals surface area contributed by atoms with E-state index in [0.29, 0.717) is 13.1 Å². The summed E-state index contributed by atoms with van der Waals surface area (Å²) in [7, 11) is 0. The molecule has 1 aliphatic heterocycles. The number of aromatic nitrogens is 1. The van der Waals surface area contributed by atoms with Crippen molar-refractivity contribution in [2.45, 2.75) is 64.0 Å². The zero-order valence-electron chi connectivity index (χ0n) is 17.4. The highest BCUT2D eigenvalue weighted by Crippen LogP contribution is 2.29. The molecule has 4 rings (SSSR count). The van der Waals surface area contributed by atoms with Gasteiger partial charge in [0.05, 0.1) is 6.04 Å². The summed E-state index contributed by atoms with van der Waals surface area (Å²) in [5, 5.41) is 4.90. The molecule has 2 aliphatic rings. The first kappa shape index (κ1) is 20.8. The predicted octanol–water partition coefficient (Wildman–Crippen LogP) is 4.14. The van der Waals surface area contributed by atoms with Crippen LogP contribution in [-0.2, 0) is 0 Å². The number of likely N-dealkylation sites (tertiary alicyclic amines) is 1. The Hall–Kier alpha value is -2.41. The van der Waals surface area contributed by atoms with E-state index in [2.05, 4.69) is 5.32 Å². The Morgan fingerprint density at radius 1 is 1.07 bits per heavy atom. The molecule has 30 heavy (non-hydrogen) atoms. The summed E-state index contributed by atoms with van der Waals surface area (Å²) >= 11 is 1.56. The van der Waals surface area contributed by atoms with Gasteiger partial charge in [-0.1, -0.05) is 18.9 Å². The van der Waals surface area contributed by atoms with Gasteiger partial charge in [-0.15, -0.1) is 11.3 Å². The molecule has 2 aromatic heterocycles. The Kier molecular flexibility index (Phi) is 6.37. The molecule has 0 aromatic carbocycles. The van der Waals surface area contributed by atoms with E-state index in [-0.39, 0.29) is 29.1 Å². The Balaban J connectivity index is 1.67. The first-order chi connectivity index (χ1) is 14.5. The minimum absolute atomic E-state index is 0.0631. The molecule has 1 saturated carbocycles. The second-order valence-electron chi connectivity index (χ2n) is 8.36.